The molecule has 0 aliphatic heterocycles. The van der Waals surface area contributed by atoms with E-state index < -0.39 is 30.4 Å². The van der Waals surface area contributed by atoms with Gasteiger partial charge in [0.1, 0.15) is 5.75 Å². The molecule has 0 aliphatic rings. The van der Waals surface area contributed by atoms with Gasteiger partial charge in [-0.2, -0.15) is 0 Å². The summed E-state index contributed by atoms with van der Waals surface area (Å²) in [5.74, 6) is -3.81. The number of aromatic hydroxyl groups is 1. The zero-order valence-corrected chi connectivity index (χ0v) is 10.2. The summed E-state index contributed by atoms with van der Waals surface area (Å²) in [6, 6.07) is 5.89. The third-order valence-corrected chi connectivity index (χ3v) is 2.20. The molecule has 1 atom stereocenters. The third kappa shape index (κ3) is 5.21. The number of hydrogen-bond acceptors (Lipinski definition) is 5. The Morgan fingerprint density at radius 1 is 1.15 bits per heavy atom. The number of esters is 1. The van der Waals surface area contributed by atoms with Gasteiger partial charge in [-0.15, -0.1) is 0 Å². The van der Waals surface area contributed by atoms with Crippen molar-refractivity contribution >= 4 is 24.0 Å². The summed E-state index contributed by atoms with van der Waals surface area (Å²) in [6.45, 7) is 0. The molecule has 0 saturated heterocycles. The number of carbonyl (C=O) groups excluding carboxylic acids is 1. The SMILES string of the molecule is O=C(O)CC(OC(=O)/C=C/c1ccc(O)cc1)C(=O)O. The number of carboxylic acids is 2. The van der Waals surface area contributed by atoms with Crippen LogP contribution >= 0.6 is 0 Å². The van der Waals surface area contributed by atoms with Crippen LogP contribution in [0.5, 0.6) is 5.75 Å². The molecule has 0 aliphatic carbocycles. The quantitative estimate of drug-likeness (QED) is 0.522. The Bertz CT molecular complexity index is 530. The summed E-state index contributed by atoms with van der Waals surface area (Å²) in [6.07, 6.45) is -0.218. The van der Waals surface area contributed by atoms with Crippen LogP contribution in [0.3, 0.4) is 0 Å². The Labute approximate surface area is 113 Å². The first-order valence-electron chi connectivity index (χ1n) is 5.51. The van der Waals surface area contributed by atoms with Gasteiger partial charge in [-0.25, -0.2) is 9.59 Å². The van der Waals surface area contributed by atoms with Crippen molar-refractivity contribution in [2.75, 3.05) is 0 Å². The molecule has 1 aromatic rings. The third-order valence-electron chi connectivity index (χ3n) is 2.20. The molecular formula is C13H12O7. The van der Waals surface area contributed by atoms with Crippen molar-refractivity contribution in [3.05, 3.63) is 35.9 Å². The molecular weight excluding hydrogens is 268 g/mol. The molecule has 0 spiro atoms. The van der Waals surface area contributed by atoms with Gasteiger partial charge in [0.25, 0.3) is 0 Å². The highest BCUT2D eigenvalue weighted by Gasteiger charge is 2.24. The Kier molecular flexibility index (Phi) is 5.28. The summed E-state index contributed by atoms with van der Waals surface area (Å²) < 4.78 is 4.51. The van der Waals surface area contributed by atoms with Crippen molar-refractivity contribution in [3.8, 4) is 5.75 Å². The van der Waals surface area contributed by atoms with E-state index >= 15 is 0 Å². The smallest absolute Gasteiger partial charge is 0.345 e. The van der Waals surface area contributed by atoms with E-state index in [1.807, 2.05) is 0 Å². The maximum Gasteiger partial charge on any atom is 0.345 e. The lowest BCUT2D eigenvalue weighted by molar-refractivity contribution is -0.164. The summed E-state index contributed by atoms with van der Waals surface area (Å²) in [4.78, 5) is 32.5. The lowest BCUT2D eigenvalue weighted by Gasteiger charge is -2.09. The zero-order chi connectivity index (χ0) is 15.1. The van der Waals surface area contributed by atoms with E-state index in [1.165, 1.54) is 30.3 Å². The molecule has 0 aromatic heterocycles. The number of phenolic OH excluding ortho intramolecular Hbond substituents is 1. The molecule has 0 heterocycles. The minimum atomic E-state index is -1.73. The van der Waals surface area contributed by atoms with Gasteiger partial charge < -0.3 is 20.1 Å². The second-order valence-electron chi connectivity index (χ2n) is 3.79. The van der Waals surface area contributed by atoms with Gasteiger partial charge in [-0.3, -0.25) is 4.79 Å². The standard InChI is InChI=1S/C13H12O7/c14-9-4-1-8(2-5-9)3-6-12(17)20-10(13(18)19)7-11(15)16/h1-6,10,14H,7H2,(H,15,16)(H,18,19)/b6-3+. The largest absolute Gasteiger partial charge is 0.508 e. The van der Waals surface area contributed by atoms with E-state index in [1.54, 1.807) is 0 Å². The van der Waals surface area contributed by atoms with Gasteiger partial charge in [0, 0.05) is 6.08 Å². The number of rotatable bonds is 6. The summed E-state index contributed by atoms with van der Waals surface area (Å²) in [7, 11) is 0. The molecule has 20 heavy (non-hydrogen) atoms. The van der Waals surface area contributed by atoms with Crippen molar-refractivity contribution < 1.29 is 34.4 Å². The zero-order valence-electron chi connectivity index (χ0n) is 10.2. The summed E-state index contributed by atoms with van der Waals surface area (Å²) >= 11 is 0. The number of hydrogen-bond donors (Lipinski definition) is 3. The van der Waals surface area contributed by atoms with Gasteiger partial charge in [-0.1, -0.05) is 12.1 Å². The van der Waals surface area contributed by atoms with Crippen LogP contribution in [0.2, 0.25) is 0 Å². The molecule has 1 unspecified atom stereocenters. The van der Waals surface area contributed by atoms with E-state index in [0.29, 0.717) is 5.56 Å². The number of phenols is 1. The number of carboxylic acid groups (broad SMARTS) is 2. The average molecular weight is 280 g/mol. The number of benzene rings is 1. The second-order valence-corrected chi connectivity index (χ2v) is 3.79. The molecule has 1 rings (SSSR count). The number of ether oxygens (including phenoxy) is 1. The molecule has 0 saturated carbocycles. The lowest BCUT2D eigenvalue weighted by Crippen LogP contribution is -2.28. The fourth-order valence-electron chi connectivity index (χ4n) is 1.27. The van der Waals surface area contributed by atoms with E-state index in [9.17, 15) is 14.4 Å². The van der Waals surface area contributed by atoms with Crippen LogP contribution in [0, 0.1) is 0 Å². The van der Waals surface area contributed by atoms with Crippen molar-refractivity contribution in [1.29, 1.82) is 0 Å². The van der Waals surface area contributed by atoms with Crippen molar-refractivity contribution in [2.24, 2.45) is 0 Å². The van der Waals surface area contributed by atoms with E-state index in [2.05, 4.69) is 4.74 Å². The van der Waals surface area contributed by atoms with E-state index in [0.717, 1.165) is 6.08 Å². The second kappa shape index (κ2) is 6.93. The van der Waals surface area contributed by atoms with Crippen LogP contribution in [-0.2, 0) is 19.1 Å². The maximum atomic E-state index is 11.4. The van der Waals surface area contributed by atoms with Crippen LogP contribution in [0.1, 0.15) is 12.0 Å². The van der Waals surface area contributed by atoms with Gasteiger partial charge in [0.05, 0.1) is 6.42 Å². The van der Waals surface area contributed by atoms with Crippen LogP contribution in [0.25, 0.3) is 6.08 Å². The Hall–Kier alpha value is -2.83. The predicted octanol–water partition coefficient (Wildman–Crippen LogP) is 0.877. The molecule has 0 bridgehead atoms. The van der Waals surface area contributed by atoms with E-state index in [-0.39, 0.29) is 5.75 Å². The molecule has 7 nitrogen and oxygen atoms in total. The van der Waals surface area contributed by atoms with Gasteiger partial charge >= 0.3 is 17.9 Å². The average Bonchev–Trinajstić information content (AvgIpc) is 2.36. The van der Waals surface area contributed by atoms with Gasteiger partial charge in [-0.05, 0) is 23.8 Å². The molecule has 106 valence electrons. The molecule has 7 heteroatoms. The van der Waals surface area contributed by atoms with Crippen LogP contribution in [0.4, 0.5) is 0 Å². The molecule has 0 fully saturated rings. The Morgan fingerprint density at radius 3 is 2.25 bits per heavy atom. The maximum absolute atomic E-state index is 11.4. The molecule has 1 aromatic carbocycles. The minimum Gasteiger partial charge on any atom is -0.508 e. The van der Waals surface area contributed by atoms with Crippen molar-refractivity contribution in [3.63, 3.8) is 0 Å². The monoisotopic (exact) mass is 280 g/mol. The predicted molar refractivity (Wildman–Crippen MR) is 66.9 cm³/mol. The van der Waals surface area contributed by atoms with Crippen molar-refractivity contribution in [2.45, 2.75) is 12.5 Å². The van der Waals surface area contributed by atoms with E-state index in [4.69, 9.17) is 15.3 Å². The highest BCUT2D eigenvalue weighted by molar-refractivity contribution is 5.90. The van der Waals surface area contributed by atoms with Gasteiger partial charge in [0.2, 0.25) is 6.10 Å². The van der Waals surface area contributed by atoms with Crippen LogP contribution in [-0.4, -0.2) is 39.3 Å². The number of carbonyl (C=O) groups is 3. The fourth-order valence-corrected chi connectivity index (χ4v) is 1.27. The first-order chi connectivity index (χ1) is 9.38. The Balaban J connectivity index is 2.63. The highest BCUT2D eigenvalue weighted by atomic mass is 16.6. The Morgan fingerprint density at radius 2 is 1.75 bits per heavy atom. The summed E-state index contributed by atoms with van der Waals surface area (Å²) in [5, 5.41) is 26.2. The highest BCUT2D eigenvalue weighted by Crippen LogP contribution is 2.11. The molecule has 0 radical (unpaired) electrons. The first-order valence-corrected chi connectivity index (χ1v) is 5.51. The van der Waals surface area contributed by atoms with Crippen LogP contribution in [0.15, 0.2) is 30.3 Å². The fraction of sp³-hybridized carbons (Fsp3) is 0.154. The first kappa shape index (κ1) is 15.2. The minimum absolute atomic E-state index is 0.0668. The summed E-state index contributed by atoms with van der Waals surface area (Å²) in [5.41, 5.74) is 0.588. The number of aliphatic carboxylic acids is 2. The van der Waals surface area contributed by atoms with Crippen molar-refractivity contribution in [1.82, 2.24) is 0 Å². The van der Waals surface area contributed by atoms with Crippen LogP contribution < -0.4 is 0 Å². The topological polar surface area (TPSA) is 121 Å². The molecule has 0 amide bonds. The van der Waals surface area contributed by atoms with Gasteiger partial charge in [0.15, 0.2) is 0 Å². The molecule has 3 N–H and O–H groups in total. The normalized spacial score (nSPS) is 12.0. The lowest BCUT2D eigenvalue weighted by atomic mass is 10.2.